The van der Waals surface area contributed by atoms with Crippen molar-refractivity contribution in [3.63, 3.8) is 0 Å². The molecular formula is C7H12ClN. The van der Waals surface area contributed by atoms with Crippen molar-refractivity contribution in [3.05, 3.63) is 23.8 Å². The molecule has 0 aromatic heterocycles. The third-order valence-corrected chi connectivity index (χ3v) is 1.35. The van der Waals surface area contributed by atoms with E-state index in [0.717, 1.165) is 19.4 Å². The van der Waals surface area contributed by atoms with Crippen LogP contribution in [0, 0.1) is 0 Å². The average Bonchev–Trinajstić information content (AvgIpc) is 1.90. The van der Waals surface area contributed by atoms with Crippen molar-refractivity contribution >= 4 is 12.4 Å². The fourth-order valence-corrected chi connectivity index (χ4v) is 0.816. The van der Waals surface area contributed by atoms with E-state index in [-0.39, 0.29) is 12.4 Å². The summed E-state index contributed by atoms with van der Waals surface area (Å²) in [5.74, 6) is 0. The minimum atomic E-state index is 0. The van der Waals surface area contributed by atoms with E-state index in [1.807, 2.05) is 0 Å². The molecule has 0 spiro atoms. The van der Waals surface area contributed by atoms with Gasteiger partial charge >= 0.3 is 0 Å². The van der Waals surface area contributed by atoms with Crippen molar-refractivity contribution in [1.82, 2.24) is 0 Å². The predicted octanol–water partition coefficient (Wildman–Crippen LogP) is 1.64. The van der Waals surface area contributed by atoms with Crippen molar-refractivity contribution in [3.8, 4) is 0 Å². The summed E-state index contributed by atoms with van der Waals surface area (Å²) in [4.78, 5) is 0. The van der Waals surface area contributed by atoms with Crippen LogP contribution in [-0.2, 0) is 0 Å². The monoisotopic (exact) mass is 145 g/mol. The highest BCUT2D eigenvalue weighted by Crippen LogP contribution is 2.07. The van der Waals surface area contributed by atoms with Crippen LogP contribution >= 0.6 is 12.4 Å². The molecule has 0 amide bonds. The van der Waals surface area contributed by atoms with Gasteiger partial charge in [-0.1, -0.05) is 23.8 Å². The van der Waals surface area contributed by atoms with E-state index in [4.69, 9.17) is 5.73 Å². The maximum Gasteiger partial charge on any atom is 0.0140 e. The van der Waals surface area contributed by atoms with Gasteiger partial charge in [-0.2, -0.15) is 0 Å². The van der Waals surface area contributed by atoms with Crippen LogP contribution in [0.2, 0.25) is 0 Å². The Morgan fingerprint density at radius 2 is 2.22 bits per heavy atom. The van der Waals surface area contributed by atoms with Crippen molar-refractivity contribution in [1.29, 1.82) is 0 Å². The topological polar surface area (TPSA) is 26.0 Å². The summed E-state index contributed by atoms with van der Waals surface area (Å²) in [7, 11) is 0. The first kappa shape index (κ1) is 8.73. The Kier molecular flexibility index (Phi) is 4.46. The van der Waals surface area contributed by atoms with Gasteiger partial charge < -0.3 is 5.73 Å². The fraction of sp³-hybridized carbons (Fsp3) is 0.429. The molecule has 0 saturated heterocycles. The molecule has 0 atom stereocenters. The second kappa shape index (κ2) is 4.59. The van der Waals surface area contributed by atoms with Crippen LogP contribution < -0.4 is 5.73 Å². The van der Waals surface area contributed by atoms with E-state index in [0.29, 0.717) is 0 Å². The zero-order valence-corrected chi connectivity index (χ0v) is 6.16. The first-order valence-electron chi connectivity index (χ1n) is 2.96. The van der Waals surface area contributed by atoms with Crippen molar-refractivity contribution in [2.75, 3.05) is 6.54 Å². The molecule has 0 saturated carbocycles. The molecule has 2 heteroatoms. The minimum Gasteiger partial charge on any atom is -0.327 e. The molecule has 0 aliphatic heterocycles. The summed E-state index contributed by atoms with van der Waals surface area (Å²) in [6.07, 6.45) is 8.67. The highest BCUT2D eigenvalue weighted by Gasteiger charge is 1.92. The van der Waals surface area contributed by atoms with Gasteiger partial charge in [-0.05, 0) is 12.8 Å². The fourth-order valence-electron chi connectivity index (χ4n) is 0.816. The first-order chi connectivity index (χ1) is 3.93. The third kappa shape index (κ3) is 2.68. The lowest BCUT2D eigenvalue weighted by atomic mass is 10.1. The molecule has 0 aromatic carbocycles. The molecule has 52 valence electrons. The SMILES string of the molecule is Cl.NCC1=CCC=CC1. The van der Waals surface area contributed by atoms with Crippen LogP contribution in [0.25, 0.3) is 0 Å². The van der Waals surface area contributed by atoms with Gasteiger partial charge in [0.2, 0.25) is 0 Å². The zero-order chi connectivity index (χ0) is 5.82. The van der Waals surface area contributed by atoms with Crippen LogP contribution in [0.15, 0.2) is 23.8 Å². The number of halogens is 1. The Hall–Kier alpha value is -0.270. The van der Waals surface area contributed by atoms with Gasteiger partial charge in [0, 0.05) is 6.54 Å². The molecule has 9 heavy (non-hydrogen) atoms. The summed E-state index contributed by atoms with van der Waals surface area (Å²) in [6, 6.07) is 0. The standard InChI is InChI=1S/C7H11N.ClH/c8-6-7-4-2-1-3-5-7;/h1-2,5H,3-4,6,8H2;1H. The second-order valence-electron chi connectivity index (χ2n) is 1.98. The molecule has 0 heterocycles. The molecule has 2 N–H and O–H groups in total. The summed E-state index contributed by atoms with van der Waals surface area (Å²) < 4.78 is 0. The molecule has 1 aliphatic carbocycles. The Bertz CT molecular complexity index is 127. The summed E-state index contributed by atoms with van der Waals surface area (Å²) in [6.45, 7) is 0.727. The summed E-state index contributed by atoms with van der Waals surface area (Å²) >= 11 is 0. The second-order valence-corrected chi connectivity index (χ2v) is 1.98. The van der Waals surface area contributed by atoms with Gasteiger partial charge in [0.25, 0.3) is 0 Å². The number of hydrogen-bond donors (Lipinski definition) is 1. The lowest BCUT2D eigenvalue weighted by molar-refractivity contribution is 1.02. The van der Waals surface area contributed by atoms with E-state index in [2.05, 4.69) is 18.2 Å². The average molecular weight is 146 g/mol. The van der Waals surface area contributed by atoms with Crippen molar-refractivity contribution in [2.24, 2.45) is 5.73 Å². The number of hydrogen-bond acceptors (Lipinski definition) is 1. The Morgan fingerprint density at radius 3 is 2.56 bits per heavy atom. The Morgan fingerprint density at radius 1 is 1.44 bits per heavy atom. The van der Waals surface area contributed by atoms with Crippen LogP contribution in [0.4, 0.5) is 0 Å². The molecule has 0 bridgehead atoms. The quantitative estimate of drug-likeness (QED) is 0.558. The molecule has 0 aromatic rings. The molecule has 1 aliphatic rings. The minimum absolute atomic E-state index is 0. The zero-order valence-electron chi connectivity index (χ0n) is 5.34. The van der Waals surface area contributed by atoms with Crippen molar-refractivity contribution in [2.45, 2.75) is 12.8 Å². The van der Waals surface area contributed by atoms with Gasteiger partial charge in [-0.15, -0.1) is 12.4 Å². The molecule has 0 radical (unpaired) electrons. The summed E-state index contributed by atoms with van der Waals surface area (Å²) in [5, 5.41) is 0. The van der Waals surface area contributed by atoms with Crippen LogP contribution in [-0.4, -0.2) is 6.54 Å². The lowest BCUT2D eigenvalue weighted by Gasteiger charge is -2.02. The van der Waals surface area contributed by atoms with Crippen LogP contribution in [0.3, 0.4) is 0 Å². The maximum atomic E-state index is 5.40. The van der Waals surface area contributed by atoms with Crippen molar-refractivity contribution < 1.29 is 0 Å². The smallest absolute Gasteiger partial charge is 0.0140 e. The molecular weight excluding hydrogens is 134 g/mol. The highest BCUT2D eigenvalue weighted by molar-refractivity contribution is 5.85. The largest absolute Gasteiger partial charge is 0.327 e. The van der Waals surface area contributed by atoms with Gasteiger partial charge in [0.15, 0.2) is 0 Å². The number of rotatable bonds is 1. The molecule has 1 nitrogen and oxygen atoms in total. The van der Waals surface area contributed by atoms with Gasteiger partial charge in [0.05, 0.1) is 0 Å². The van der Waals surface area contributed by atoms with Gasteiger partial charge in [-0.25, -0.2) is 0 Å². The van der Waals surface area contributed by atoms with Crippen LogP contribution in [0.1, 0.15) is 12.8 Å². The van der Waals surface area contributed by atoms with E-state index in [9.17, 15) is 0 Å². The molecule has 1 rings (SSSR count). The Labute approximate surface area is 62.0 Å². The molecule has 0 fully saturated rings. The number of nitrogens with two attached hydrogens (primary N) is 1. The van der Waals surface area contributed by atoms with Crippen LogP contribution in [0.5, 0.6) is 0 Å². The highest BCUT2D eigenvalue weighted by atomic mass is 35.5. The van der Waals surface area contributed by atoms with E-state index < -0.39 is 0 Å². The lowest BCUT2D eigenvalue weighted by Crippen LogP contribution is -2.03. The molecule has 0 unspecified atom stereocenters. The van der Waals surface area contributed by atoms with E-state index in [1.165, 1.54) is 5.57 Å². The maximum absolute atomic E-state index is 5.40. The normalized spacial score (nSPS) is 16.3. The summed E-state index contributed by atoms with van der Waals surface area (Å²) in [5.41, 5.74) is 6.77. The van der Waals surface area contributed by atoms with E-state index >= 15 is 0 Å². The van der Waals surface area contributed by atoms with E-state index in [1.54, 1.807) is 0 Å². The first-order valence-corrected chi connectivity index (χ1v) is 2.96. The Balaban J connectivity index is 0.000000640. The number of allylic oxidation sites excluding steroid dienone is 3. The predicted molar refractivity (Wildman–Crippen MR) is 42.8 cm³/mol. The van der Waals surface area contributed by atoms with Gasteiger partial charge in [-0.3, -0.25) is 0 Å². The van der Waals surface area contributed by atoms with Gasteiger partial charge in [0.1, 0.15) is 0 Å². The third-order valence-electron chi connectivity index (χ3n) is 1.35.